The van der Waals surface area contributed by atoms with Crippen LogP contribution in [0.25, 0.3) is 11.1 Å². The van der Waals surface area contributed by atoms with Crippen LogP contribution in [0.4, 0.5) is 17.6 Å². The predicted molar refractivity (Wildman–Crippen MR) is 120 cm³/mol. The third-order valence-electron chi connectivity index (χ3n) is 5.44. The number of amides is 1. The summed E-state index contributed by atoms with van der Waals surface area (Å²) < 4.78 is 57.3. The number of carbonyl (C=O) groups excluding carboxylic acids is 1. The number of alkyl halides is 3. The normalized spacial score (nSPS) is 14.5. The van der Waals surface area contributed by atoms with Crippen molar-refractivity contribution in [2.45, 2.75) is 31.8 Å². The van der Waals surface area contributed by atoms with Gasteiger partial charge in [0.2, 0.25) is 0 Å². The summed E-state index contributed by atoms with van der Waals surface area (Å²) in [5.41, 5.74) is 1.40. The van der Waals surface area contributed by atoms with E-state index in [9.17, 15) is 22.4 Å². The van der Waals surface area contributed by atoms with Crippen molar-refractivity contribution in [2.75, 3.05) is 11.5 Å². The van der Waals surface area contributed by atoms with Crippen molar-refractivity contribution in [1.82, 2.24) is 14.5 Å². The summed E-state index contributed by atoms with van der Waals surface area (Å²) >= 11 is 1.84. The van der Waals surface area contributed by atoms with Gasteiger partial charge < -0.3 is 14.2 Å². The van der Waals surface area contributed by atoms with Crippen LogP contribution in [0.1, 0.15) is 28.9 Å². The molecule has 0 spiro atoms. The second-order valence-electron chi connectivity index (χ2n) is 7.92. The van der Waals surface area contributed by atoms with Gasteiger partial charge in [0.05, 0.1) is 6.33 Å². The highest BCUT2D eigenvalue weighted by Gasteiger charge is 2.31. The van der Waals surface area contributed by atoms with E-state index < -0.39 is 17.9 Å². The largest absolute Gasteiger partial charge is 0.573 e. The minimum atomic E-state index is -4.85. The smallest absolute Gasteiger partial charge is 0.397 e. The van der Waals surface area contributed by atoms with Crippen molar-refractivity contribution in [3.05, 3.63) is 72.1 Å². The van der Waals surface area contributed by atoms with Crippen LogP contribution in [-0.2, 0) is 13.6 Å². The van der Waals surface area contributed by atoms with Crippen LogP contribution in [0.3, 0.4) is 0 Å². The highest BCUT2D eigenvalue weighted by atomic mass is 32.2. The second kappa shape index (κ2) is 9.97. The lowest BCUT2D eigenvalue weighted by atomic mass is 10.0. The molecule has 1 saturated heterocycles. The molecule has 178 valence electrons. The van der Waals surface area contributed by atoms with E-state index in [0.29, 0.717) is 11.3 Å². The number of hydrogen-bond acceptors (Lipinski definition) is 4. The van der Waals surface area contributed by atoms with Crippen molar-refractivity contribution in [3.8, 4) is 16.9 Å². The Morgan fingerprint density at radius 3 is 2.62 bits per heavy atom. The monoisotopic (exact) mass is 491 g/mol. The SMILES string of the molecule is Cn1cnc(C(=O)N(Cc2ccc(F)c(-c3c#cc(OC(F)(F)F)cc3)c2)C2CCSCC2)c1. The molecule has 0 saturated carbocycles. The van der Waals surface area contributed by atoms with Gasteiger partial charge in [0, 0.05) is 37.0 Å². The molecule has 0 bridgehead atoms. The fourth-order valence-corrected chi connectivity index (χ4v) is 4.90. The molecule has 4 rings (SSSR count). The highest BCUT2D eigenvalue weighted by Crippen LogP contribution is 2.29. The zero-order chi connectivity index (χ0) is 24.3. The van der Waals surface area contributed by atoms with Gasteiger partial charge in [-0.05, 0) is 60.2 Å². The standard InChI is InChI=1S/C24H21F4N3O2S/c1-30-14-22(29-15-30)23(32)31(18-8-10-34-11-9-18)13-16-2-7-21(25)20(12-16)17-3-5-19(6-4-17)33-24(26,27)28/h2-3,5,7,12,14-15,18H,8-11,13H2,1H3. The first-order valence-corrected chi connectivity index (χ1v) is 11.7. The molecule has 1 aliphatic rings. The lowest BCUT2D eigenvalue weighted by Crippen LogP contribution is -2.42. The van der Waals surface area contributed by atoms with Gasteiger partial charge in [-0.3, -0.25) is 4.79 Å². The van der Waals surface area contributed by atoms with E-state index in [1.165, 1.54) is 12.1 Å². The van der Waals surface area contributed by atoms with Gasteiger partial charge in [-0.2, -0.15) is 11.8 Å². The maximum Gasteiger partial charge on any atom is 0.573 e. The summed E-state index contributed by atoms with van der Waals surface area (Å²) in [6.07, 6.45) is 0.0780. The molecule has 2 aromatic carbocycles. The molecular weight excluding hydrogens is 470 g/mol. The van der Waals surface area contributed by atoms with Gasteiger partial charge in [0.25, 0.3) is 5.91 Å². The lowest BCUT2D eigenvalue weighted by Gasteiger charge is -2.34. The Morgan fingerprint density at radius 1 is 1.24 bits per heavy atom. The number of hydrogen-bond donors (Lipinski definition) is 0. The number of rotatable bonds is 6. The molecule has 5 nitrogen and oxygen atoms in total. The first-order valence-electron chi connectivity index (χ1n) is 10.5. The minimum absolute atomic E-state index is 0.0305. The minimum Gasteiger partial charge on any atom is -0.397 e. The molecule has 1 aliphatic heterocycles. The Hall–Kier alpha value is -3.19. The lowest BCUT2D eigenvalue weighted by molar-refractivity contribution is -0.274. The molecule has 0 atom stereocenters. The van der Waals surface area contributed by atoms with Gasteiger partial charge in [-0.15, -0.1) is 13.2 Å². The van der Waals surface area contributed by atoms with E-state index in [4.69, 9.17) is 0 Å². The summed E-state index contributed by atoms with van der Waals surface area (Å²) in [6, 6.07) is 11.6. The molecule has 0 aliphatic carbocycles. The summed E-state index contributed by atoms with van der Waals surface area (Å²) in [7, 11) is 1.79. The van der Waals surface area contributed by atoms with Gasteiger partial charge >= 0.3 is 6.36 Å². The fraction of sp³-hybridized carbons (Fsp3) is 0.333. The fourth-order valence-electron chi connectivity index (χ4n) is 3.82. The second-order valence-corrected chi connectivity index (χ2v) is 9.15. The molecule has 0 unspecified atom stereocenters. The highest BCUT2D eigenvalue weighted by molar-refractivity contribution is 7.99. The summed E-state index contributed by atoms with van der Waals surface area (Å²) in [5.74, 6) is 0.576. The van der Waals surface area contributed by atoms with E-state index in [2.05, 4.69) is 21.9 Å². The average molecular weight is 492 g/mol. The van der Waals surface area contributed by atoms with Gasteiger partial charge in [-0.25, -0.2) is 9.37 Å². The van der Waals surface area contributed by atoms with Crippen LogP contribution in [0, 0.1) is 17.9 Å². The van der Waals surface area contributed by atoms with Gasteiger partial charge in [0.15, 0.2) is 5.75 Å². The van der Waals surface area contributed by atoms with Crippen LogP contribution in [-0.4, -0.2) is 44.3 Å². The molecule has 34 heavy (non-hydrogen) atoms. The maximum atomic E-state index is 14.6. The number of aromatic nitrogens is 2. The molecule has 0 N–H and O–H groups in total. The van der Waals surface area contributed by atoms with E-state index in [-0.39, 0.29) is 29.6 Å². The first-order chi connectivity index (χ1) is 16.2. The number of imidazole rings is 1. The number of thioether (sulfide) groups is 1. The third kappa shape index (κ3) is 5.83. The Labute approximate surface area is 198 Å². The summed E-state index contributed by atoms with van der Waals surface area (Å²) in [5, 5.41) is 0. The Morgan fingerprint density at radius 2 is 2.00 bits per heavy atom. The third-order valence-corrected chi connectivity index (χ3v) is 6.49. The number of halogens is 4. The van der Waals surface area contributed by atoms with Crippen LogP contribution in [0.15, 0.2) is 42.9 Å². The van der Waals surface area contributed by atoms with Crippen LogP contribution in [0.5, 0.6) is 5.75 Å². The number of ether oxygens (including phenoxy) is 1. The molecule has 0 radical (unpaired) electrons. The topological polar surface area (TPSA) is 47.4 Å². The molecule has 10 heteroatoms. The number of nitrogens with zero attached hydrogens (tertiary/aromatic N) is 3. The average Bonchev–Trinajstić information content (AvgIpc) is 3.24. The van der Waals surface area contributed by atoms with Crippen LogP contribution < -0.4 is 4.74 Å². The number of carbonyl (C=O) groups is 1. The Bertz CT molecular complexity index is 1140. The van der Waals surface area contributed by atoms with Crippen molar-refractivity contribution in [2.24, 2.45) is 7.05 Å². The molecular formula is C24H21F4N3O2S. The van der Waals surface area contributed by atoms with Crippen molar-refractivity contribution in [1.29, 1.82) is 0 Å². The van der Waals surface area contributed by atoms with E-state index in [0.717, 1.165) is 30.4 Å². The summed E-state index contributed by atoms with van der Waals surface area (Å²) in [6.45, 7) is 0.247. The van der Waals surface area contributed by atoms with E-state index in [1.54, 1.807) is 41.2 Å². The number of aryl methyl sites for hydroxylation is 1. The van der Waals surface area contributed by atoms with E-state index >= 15 is 0 Å². The summed E-state index contributed by atoms with van der Waals surface area (Å²) in [4.78, 5) is 19.3. The molecule has 2 heterocycles. The first kappa shape index (κ1) is 24.0. The van der Waals surface area contributed by atoms with Crippen molar-refractivity contribution in [3.63, 3.8) is 0 Å². The van der Waals surface area contributed by atoms with Crippen molar-refractivity contribution < 1.29 is 27.1 Å². The number of benzene rings is 1. The zero-order valence-electron chi connectivity index (χ0n) is 18.2. The van der Waals surface area contributed by atoms with E-state index in [1.807, 2.05) is 11.8 Å². The van der Waals surface area contributed by atoms with Crippen molar-refractivity contribution >= 4 is 17.7 Å². The van der Waals surface area contributed by atoms with Gasteiger partial charge in [0.1, 0.15) is 11.5 Å². The molecule has 1 fully saturated rings. The predicted octanol–water partition coefficient (Wildman–Crippen LogP) is 5.26. The molecule has 3 aromatic rings. The zero-order valence-corrected chi connectivity index (χ0v) is 19.0. The van der Waals surface area contributed by atoms with Crippen LogP contribution >= 0.6 is 11.8 Å². The quantitative estimate of drug-likeness (QED) is 0.441. The Kier molecular flexibility index (Phi) is 7.03. The Balaban J connectivity index is 1.60. The molecule has 1 amide bonds. The van der Waals surface area contributed by atoms with Gasteiger partial charge in [-0.1, -0.05) is 12.1 Å². The van der Waals surface area contributed by atoms with Crippen LogP contribution in [0.2, 0.25) is 0 Å². The molecule has 1 aromatic heterocycles. The maximum absolute atomic E-state index is 14.6.